The van der Waals surface area contributed by atoms with Crippen LogP contribution < -0.4 is 5.32 Å². The van der Waals surface area contributed by atoms with E-state index in [1.165, 1.54) is 25.7 Å². The average Bonchev–Trinajstić information content (AvgIpc) is 2.24. The van der Waals surface area contributed by atoms with Crippen LogP contribution in [0.3, 0.4) is 0 Å². The topological polar surface area (TPSA) is 41.5 Å². The summed E-state index contributed by atoms with van der Waals surface area (Å²) in [7, 11) is 0. The Labute approximate surface area is 98.6 Å². The minimum absolute atomic E-state index is 0.133. The average molecular weight is 227 g/mol. The van der Waals surface area contributed by atoms with Gasteiger partial charge in [0.05, 0.1) is 19.3 Å². The second-order valence-electron chi connectivity index (χ2n) is 5.43. The standard InChI is InChI=1S/C13H25NO2/c1-10-8-16-9-12(14-10)11-6-4-2-3-5-7-13(11)15/h10-15H,2-9H2,1H3. The van der Waals surface area contributed by atoms with Gasteiger partial charge in [-0.3, -0.25) is 0 Å². The lowest BCUT2D eigenvalue weighted by molar-refractivity contribution is -0.0113. The van der Waals surface area contributed by atoms with E-state index in [0.717, 1.165) is 26.1 Å². The van der Waals surface area contributed by atoms with Gasteiger partial charge in [-0.1, -0.05) is 25.7 Å². The van der Waals surface area contributed by atoms with E-state index in [1.807, 2.05) is 0 Å². The number of nitrogens with one attached hydrogen (secondary N) is 1. The molecule has 1 saturated carbocycles. The molecular weight excluding hydrogens is 202 g/mol. The quantitative estimate of drug-likeness (QED) is 0.716. The molecule has 0 aromatic rings. The van der Waals surface area contributed by atoms with Crippen LogP contribution in [-0.4, -0.2) is 36.5 Å². The predicted molar refractivity (Wildman–Crippen MR) is 64.4 cm³/mol. The molecule has 0 aromatic carbocycles. The maximum Gasteiger partial charge on any atom is 0.0624 e. The van der Waals surface area contributed by atoms with E-state index in [0.29, 0.717) is 18.0 Å². The third-order valence-electron chi connectivity index (χ3n) is 3.96. The maximum atomic E-state index is 10.2. The number of hydrogen-bond acceptors (Lipinski definition) is 3. The molecule has 2 fully saturated rings. The summed E-state index contributed by atoms with van der Waals surface area (Å²) in [5.41, 5.74) is 0. The van der Waals surface area contributed by atoms with Gasteiger partial charge in [-0.05, 0) is 19.8 Å². The molecule has 1 aliphatic carbocycles. The second-order valence-corrected chi connectivity index (χ2v) is 5.43. The lowest BCUT2D eigenvalue weighted by Gasteiger charge is -2.37. The highest BCUT2D eigenvalue weighted by Gasteiger charge is 2.31. The third-order valence-corrected chi connectivity index (χ3v) is 3.96. The van der Waals surface area contributed by atoms with E-state index in [4.69, 9.17) is 4.74 Å². The molecule has 3 heteroatoms. The van der Waals surface area contributed by atoms with Crippen molar-refractivity contribution >= 4 is 0 Å². The van der Waals surface area contributed by atoms with Crippen molar-refractivity contribution in [3.8, 4) is 0 Å². The van der Waals surface area contributed by atoms with Crippen molar-refractivity contribution in [1.29, 1.82) is 0 Å². The lowest BCUT2D eigenvalue weighted by atomic mass is 9.83. The molecule has 16 heavy (non-hydrogen) atoms. The van der Waals surface area contributed by atoms with Crippen molar-refractivity contribution in [1.82, 2.24) is 5.32 Å². The van der Waals surface area contributed by atoms with Crippen molar-refractivity contribution in [2.45, 2.75) is 63.6 Å². The Morgan fingerprint density at radius 2 is 1.81 bits per heavy atom. The second kappa shape index (κ2) is 5.99. The van der Waals surface area contributed by atoms with Crippen LogP contribution in [0.25, 0.3) is 0 Å². The monoisotopic (exact) mass is 227 g/mol. The Morgan fingerprint density at radius 1 is 1.06 bits per heavy atom. The van der Waals surface area contributed by atoms with Gasteiger partial charge >= 0.3 is 0 Å². The molecule has 2 aliphatic rings. The first-order chi connectivity index (χ1) is 7.77. The van der Waals surface area contributed by atoms with Gasteiger partial charge in [0.15, 0.2) is 0 Å². The Bertz CT molecular complexity index is 210. The van der Waals surface area contributed by atoms with Crippen LogP contribution >= 0.6 is 0 Å². The zero-order valence-corrected chi connectivity index (χ0v) is 10.3. The fraction of sp³-hybridized carbons (Fsp3) is 1.00. The summed E-state index contributed by atoms with van der Waals surface area (Å²) >= 11 is 0. The zero-order chi connectivity index (χ0) is 11.4. The van der Waals surface area contributed by atoms with Gasteiger partial charge < -0.3 is 15.2 Å². The minimum Gasteiger partial charge on any atom is -0.393 e. The molecule has 0 radical (unpaired) electrons. The van der Waals surface area contributed by atoms with E-state index in [2.05, 4.69) is 12.2 Å². The summed E-state index contributed by atoms with van der Waals surface area (Å²) in [4.78, 5) is 0. The molecule has 4 unspecified atom stereocenters. The van der Waals surface area contributed by atoms with Crippen molar-refractivity contribution in [3.05, 3.63) is 0 Å². The van der Waals surface area contributed by atoms with Crippen LogP contribution in [0.4, 0.5) is 0 Å². The van der Waals surface area contributed by atoms with Crippen LogP contribution in [0.5, 0.6) is 0 Å². The van der Waals surface area contributed by atoms with Gasteiger partial charge in [-0.25, -0.2) is 0 Å². The fourth-order valence-electron chi connectivity index (χ4n) is 3.04. The molecule has 0 spiro atoms. The number of hydrogen-bond donors (Lipinski definition) is 2. The van der Waals surface area contributed by atoms with E-state index >= 15 is 0 Å². The summed E-state index contributed by atoms with van der Waals surface area (Å²) in [6.07, 6.45) is 7.04. The largest absolute Gasteiger partial charge is 0.393 e. The molecule has 4 atom stereocenters. The summed E-state index contributed by atoms with van der Waals surface area (Å²) < 4.78 is 5.59. The Morgan fingerprint density at radius 3 is 2.56 bits per heavy atom. The first-order valence-corrected chi connectivity index (χ1v) is 6.79. The van der Waals surface area contributed by atoms with E-state index in [9.17, 15) is 5.11 Å². The molecule has 1 aliphatic heterocycles. The molecule has 94 valence electrons. The smallest absolute Gasteiger partial charge is 0.0624 e. The molecule has 2 rings (SSSR count). The van der Waals surface area contributed by atoms with E-state index in [-0.39, 0.29) is 6.10 Å². The summed E-state index contributed by atoms with van der Waals surface area (Å²) in [5, 5.41) is 13.8. The number of ether oxygens (including phenoxy) is 1. The van der Waals surface area contributed by atoms with Gasteiger partial charge in [0, 0.05) is 18.0 Å². The van der Waals surface area contributed by atoms with Crippen LogP contribution in [-0.2, 0) is 4.74 Å². The van der Waals surface area contributed by atoms with Crippen molar-refractivity contribution in [2.24, 2.45) is 5.92 Å². The molecule has 1 heterocycles. The zero-order valence-electron chi connectivity index (χ0n) is 10.3. The number of morpholine rings is 1. The highest BCUT2D eigenvalue weighted by atomic mass is 16.5. The normalized spacial score (nSPS) is 42.4. The molecule has 0 bridgehead atoms. The third kappa shape index (κ3) is 3.19. The van der Waals surface area contributed by atoms with Gasteiger partial charge in [-0.15, -0.1) is 0 Å². The predicted octanol–water partition coefficient (Wildman–Crippen LogP) is 1.69. The van der Waals surface area contributed by atoms with Gasteiger partial charge in [-0.2, -0.15) is 0 Å². The van der Waals surface area contributed by atoms with Gasteiger partial charge in [0.2, 0.25) is 0 Å². The molecule has 0 amide bonds. The summed E-state index contributed by atoms with van der Waals surface area (Å²) in [6, 6.07) is 0.785. The molecule has 0 aromatic heterocycles. The Hall–Kier alpha value is -0.120. The Kier molecular flexibility index (Phi) is 4.62. The van der Waals surface area contributed by atoms with Crippen LogP contribution in [0, 0.1) is 5.92 Å². The molecule has 2 N–H and O–H groups in total. The van der Waals surface area contributed by atoms with E-state index in [1.54, 1.807) is 0 Å². The number of aliphatic hydroxyl groups is 1. The lowest BCUT2D eigenvalue weighted by Crippen LogP contribution is -2.53. The first kappa shape index (κ1) is 12.3. The van der Waals surface area contributed by atoms with Crippen molar-refractivity contribution < 1.29 is 9.84 Å². The van der Waals surface area contributed by atoms with Crippen molar-refractivity contribution in [3.63, 3.8) is 0 Å². The van der Waals surface area contributed by atoms with Crippen molar-refractivity contribution in [2.75, 3.05) is 13.2 Å². The number of rotatable bonds is 1. The molecule has 3 nitrogen and oxygen atoms in total. The fourth-order valence-corrected chi connectivity index (χ4v) is 3.04. The minimum atomic E-state index is -0.133. The number of aliphatic hydroxyl groups excluding tert-OH is 1. The van der Waals surface area contributed by atoms with Crippen LogP contribution in [0.1, 0.15) is 45.4 Å². The SMILES string of the molecule is CC1COCC(C2CCCCCCC2O)N1. The molecule has 1 saturated heterocycles. The van der Waals surface area contributed by atoms with E-state index < -0.39 is 0 Å². The Balaban J connectivity index is 1.92. The maximum absolute atomic E-state index is 10.2. The highest BCUT2D eigenvalue weighted by Crippen LogP contribution is 2.26. The highest BCUT2D eigenvalue weighted by molar-refractivity contribution is 4.86. The van der Waals surface area contributed by atoms with Crippen LogP contribution in [0.15, 0.2) is 0 Å². The van der Waals surface area contributed by atoms with Crippen LogP contribution in [0.2, 0.25) is 0 Å². The molecular formula is C13H25NO2. The first-order valence-electron chi connectivity index (χ1n) is 6.79. The summed E-state index contributed by atoms with van der Waals surface area (Å²) in [5.74, 6) is 0.392. The van der Waals surface area contributed by atoms with Gasteiger partial charge in [0.1, 0.15) is 0 Å². The van der Waals surface area contributed by atoms with Gasteiger partial charge in [0.25, 0.3) is 0 Å². The summed E-state index contributed by atoms with van der Waals surface area (Å²) in [6.45, 7) is 3.73.